The van der Waals surface area contributed by atoms with Gasteiger partial charge in [0, 0.05) is 11.3 Å². The van der Waals surface area contributed by atoms with Crippen molar-refractivity contribution in [2.24, 2.45) is 0 Å². The lowest BCUT2D eigenvalue weighted by atomic mass is 10.1. The highest BCUT2D eigenvalue weighted by molar-refractivity contribution is 6.33. The maximum Gasteiger partial charge on any atom is 0.262 e. The summed E-state index contributed by atoms with van der Waals surface area (Å²) in [5.41, 5.74) is 3.05. The first kappa shape index (κ1) is 22.4. The number of hydrogen-bond acceptors (Lipinski definition) is 3. The zero-order valence-corrected chi connectivity index (χ0v) is 18.1. The number of aryl methyl sites for hydroxylation is 1. The summed E-state index contributed by atoms with van der Waals surface area (Å²) < 4.78 is 5.49. The summed E-state index contributed by atoms with van der Waals surface area (Å²) in [4.78, 5) is 24.5. The second-order valence-electron chi connectivity index (χ2n) is 7.10. The van der Waals surface area contributed by atoms with Crippen LogP contribution >= 0.6 is 11.6 Å². The van der Waals surface area contributed by atoms with E-state index in [9.17, 15) is 9.59 Å². The first-order valence-corrected chi connectivity index (χ1v) is 10.6. The van der Waals surface area contributed by atoms with Crippen LogP contribution in [0.4, 0.5) is 11.4 Å². The fourth-order valence-electron chi connectivity index (χ4n) is 2.94. The van der Waals surface area contributed by atoms with Gasteiger partial charge in [-0.05, 0) is 66.9 Å². The first-order chi connectivity index (χ1) is 15.0. The van der Waals surface area contributed by atoms with Crippen molar-refractivity contribution in [3.05, 3.63) is 88.9 Å². The summed E-state index contributed by atoms with van der Waals surface area (Å²) in [7, 11) is 0. The first-order valence-electron chi connectivity index (χ1n) is 10.2. The van der Waals surface area contributed by atoms with Gasteiger partial charge in [-0.25, -0.2) is 0 Å². The zero-order chi connectivity index (χ0) is 22.1. The van der Waals surface area contributed by atoms with Gasteiger partial charge in [0.1, 0.15) is 5.75 Å². The van der Waals surface area contributed by atoms with Gasteiger partial charge >= 0.3 is 0 Å². The van der Waals surface area contributed by atoms with Gasteiger partial charge < -0.3 is 15.4 Å². The van der Waals surface area contributed by atoms with Crippen molar-refractivity contribution in [1.29, 1.82) is 0 Å². The molecule has 3 rings (SSSR count). The van der Waals surface area contributed by atoms with Crippen molar-refractivity contribution in [1.82, 2.24) is 0 Å². The molecule has 2 N–H and O–H groups in total. The van der Waals surface area contributed by atoms with Gasteiger partial charge in [0.2, 0.25) is 0 Å². The predicted molar refractivity (Wildman–Crippen MR) is 125 cm³/mol. The number of carbonyl (C=O) groups is 2. The van der Waals surface area contributed by atoms with Gasteiger partial charge in [-0.2, -0.15) is 0 Å². The van der Waals surface area contributed by atoms with Crippen LogP contribution in [0.25, 0.3) is 0 Å². The average Bonchev–Trinajstić information content (AvgIpc) is 2.79. The Balaban J connectivity index is 1.49. The predicted octanol–water partition coefficient (Wildman–Crippen LogP) is 5.95. The molecule has 0 fully saturated rings. The Hall–Kier alpha value is -3.31. The van der Waals surface area contributed by atoms with Crippen LogP contribution < -0.4 is 15.4 Å². The molecule has 160 valence electrons. The molecule has 0 bridgehead atoms. The van der Waals surface area contributed by atoms with E-state index in [2.05, 4.69) is 17.6 Å². The van der Waals surface area contributed by atoms with Crippen LogP contribution in [0, 0.1) is 0 Å². The van der Waals surface area contributed by atoms with Gasteiger partial charge in [-0.15, -0.1) is 0 Å². The van der Waals surface area contributed by atoms with Crippen molar-refractivity contribution < 1.29 is 14.3 Å². The van der Waals surface area contributed by atoms with E-state index in [1.807, 2.05) is 24.3 Å². The van der Waals surface area contributed by atoms with Crippen LogP contribution in [0.5, 0.6) is 5.75 Å². The van der Waals surface area contributed by atoms with Crippen LogP contribution in [-0.4, -0.2) is 18.4 Å². The third-order valence-corrected chi connectivity index (χ3v) is 4.99. The zero-order valence-electron chi connectivity index (χ0n) is 17.4. The van der Waals surface area contributed by atoms with Gasteiger partial charge in [-0.1, -0.05) is 49.2 Å². The molecule has 0 saturated carbocycles. The number of hydrogen-bond donors (Lipinski definition) is 2. The largest absolute Gasteiger partial charge is 0.484 e. The third kappa shape index (κ3) is 6.86. The molecule has 0 aliphatic carbocycles. The van der Waals surface area contributed by atoms with E-state index < -0.39 is 0 Å². The molecule has 0 spiro atoms. The Kier molecular flexibility index (Phi) is 8.07. The Morgan fingerprint density at radius 1 is 0.903 bits per heavy atom. The van der Waals surface area contributed by atoms with Crippen LogP contribution in [0.2, 0.25) is 5.02 Å². The number of rotatable bonds is 9. The molecule has 0 aliphatic heterocycles. The van der Waals surface area contributed by atoms with E-state index in [-0.39, 0.29) is 18.4 Å². The quantitative estimate of drug-likeness (QED) is 0.435. The van der Waals surface area contributed by atoms with Crippen molar-refractivity contribution in [2.45, 2.75) is 26.2 Å². The molecule has 6 heteroatoms. The van der Waals surface area contributed by atoms with Crippen molar-refractivity contribution in [2.75, 3.05) is 17.2 Å². The minimum Gasteiger partial charge on any atom is -0.484 e. The molecule has 0 aliphatic rings. The molecule has 2 amide bonds. The number of ether oxygens (including phenoxy) is 1. The third-order valence-electron chi connectivity index (χ3n) is 4.67. The number of amides is 2. The van der Waals surface area contributed by atoms with E-state index in [4.69, 9.17) is 16.3 Å². The molecule has 0 heterocycles. The fraction of sp³-hybridized carbons (Fsp3) is 0.200. The molecular formula is C25H25ClN2O3. The number of carbonyl (C=O) groups excluding carboxylic acids is 2. The van der Waals surface area contributed by atoms with E-state index in [1.54, 1.807) is 48.5 Å². The standard InChI is InChI=1S/C25H25ClN2O3/c1-2-3-6-18-9-13-20(14-10-18)27-25(30)19-11-15-21(16-12-19)31-17-24(29)28-23-8-5-4-7-22(23)26/h4-5,7-16H,2-3,6,17H2,1H3,(H,27,30)(H,28,29). The second-order valence-corrected chi connectivity index (χ2v) is 7.50. The monoisotopic (exact) mass is 436 g/mol. The number of para-hydroxylation sites is 1. The number of nitrogens with one attached hydrogen (secondary N) is 2. The molecule has 3 aromatic carbocycles. The van der Waals surface area contributed by atoms with Crippen LogP contribution in [0.15, 0.2) is 72.8 Å². The molecule has 5 nitrogen and oxygen atoms in total. The Morgan fingerprint density at radius 2 is 1.61 bits per heavy atom. The lowest BCUT2D eigenvalue weighted by Crippen LogP contribution is -2.20. The van der Waals surface area contributed by atoms with Crippen LogP contribution in [0.3, 0.4) is 0 Å². The Morgan fingerprint density at radius 3 is 2.29 bits per heavy atom. The number of benzene rings is 3. The summed E-state index contributed by atoms with van der Waals surface area (Å²) >= 11 is 6.02. The number of anilines is 2. The topological polar surface area (TPSA) is 67.4 Å². The second kappa shape index (κ2) is 11.2. The van der Waals surface area contributed by atoms with E-state index in [0.717, 1.165) is 24.9 Å². The smallest absolute Gasteiger partial charge is 0.262 e. The van der Waals surface area contributed by atoms with E-state index in [1.165, 1.54) is 5.56 Å². The summed E-state index contributed by atoms with van der Waals surface area (Å²) in [5.74, 6) is -0.0345. The molecule has 0 aromatic heterocycles. The van der Waals surface area contributed by atoms with Crippen LogP contribution in [-0.2, 0) is 11.2 Å². The summed E-state index contributed by atoms with van der Waals surface area (Å²) in [5, 5.41) is 6.04. The molecule has 31 heavy (non-hydrogen) atoms. The van der Waals surface area contributed by atoms with Crippen molar-refractivity contribution >= 4 is 34.8 Å². The molecule has 3 aromatic rings. The van der Waals surface area contributed by atoms with Gasteiger partial charge in [-0.3, -0.25) is 9.59 Å². The van der Waals surface area contributed by atoms with E-state index in [0.29, 0.717) is 22.0 Å². The lowest BCUT2D eigenvalue weighted by molar-refractivity contribution is -0.118. The summed E-state index contributed by atoms with van der Waals surface area (Å²) in [6.07, 6.45) is 3.36. The SMILES string of the molecule is CCCCc1ccc(NC(=O)c2ccc(OCC(=O)Nc3ccccc3Cl)cc2)cc1. The van der Waals surface area contributed by atoms with Gasteiger partial charge in [0.05, 0.1) is 10.7 Å². The molecule has 0 atom stereocenters. The molecular weight excluding hydrogens is 412 g/mol. The molecule has 0 saturated heterocycles. The average molecular weight is 437 g/mol. The summed E-state index contributed by atoms with van der Waals surface area (Å²) in [6.45, 7) is 2.00. The minimum atomic E-state index is -0.322. The highest BCUT2D eigenvalue weighted by Gasteiger charge is 2.09. The lowest BCUT2D eigenvalue weighted by Gasteiger charge is -2.10. The Labute approximate surface area is 187 Å². The van der Waals surface area contributed by atoms with Crippen LogP contribution in [0.1, 0.15) is 35.7 Å². The highest BCUT2D eigenvalue weighted by atomic mass is 35.5. The number of unbranched alkanes of at least 4 members (excludes halogenated alkanes) is 1. The normalized spacial score (nSPS) is 10.4. The van der Waals surface area contributed by atoms with Crippen molar-refractivity contribution in [3.63, 3.8) is 0 Å². The highest BCUT2D eigenvalue weighted by Crippen LogP contribution is 2.20. The maximum atomic E-state index is 12.5. The molecule has 0 unspecified atom stereocenters. The fourth-order valence-corrected chi connectivity index (χ4v) is 3.12. The summed E-state index contributed by atoms with van der Waals surface area (Å²) in [6, 6.07) is 21.5. The van der Waals surface area contributed by atoms with Gasteiger partial charge in [0.25, 0.3) is 11.8 Å². The Bertz CT molecular complexity index is 1020. The maximum absolute atomic E-state index is 12.5. The van der Waals surface area contributed by atoms with E-state index >= 15 is 0 Å². The minimum absolute atomic E-state index is 0.166. The van der Waals surface area contributed by atoms with Gasteiger partial charge in [0.15, 0.2) is 6.61 Å². The molecule has 0 radical (unpaired) electrons. The number of halogens is 1. The van der Waals surface area contributed by atoms with Crippen molar-refractivity contribution in [3.8, 4) is 5.75 Å².